The van der Waals surface area contributed by atoms with Crippen LogP contribution in [0.3, 0.4) is 0 Å². The average molecular weight is 403 g/mol. The monoisotopic (exact) mass is 403 g/mol. The number of nitrogens with one attached hydrogen (secondary N) is 1. The summed E-state index contributed by atoms with van der Waals surface area (Å²) in [5, 5.41) is 3.01. The van der Waals surface area contributed by atoms with Crippen LogP contribution in [0.1, 0.15) is 16.2 Å². The van der Waals surface area contributed by atoms with Gasteiger partial charge in [-0.15, -0.1) is 0 Å². The average Bonchev–Trinajstić information content (AvgIpc) is 2.76. The minimum absolute atomic E-state index is 0.0419. The summed E-state index contributed by atoms with van der Waals surface area (Å²) in [4.78, 5) is 30.0. The van der Waals surface area contributed by atoms with Gasteiger partial charge in [-0.05, 0) is 55.5 Å². The molecule has 0 spiro atoms. The second-order valence-corrected chi connectivity index (χ2v) is 6.67. The molecule has 3 aromatic carbocycles. The molecule has 0 unspecified atom stereocenters. The highest BCUT2D eigenvalue weighted by atomic mass is 19.1. The number of para-hydroxylation sites is 1. The Morgan fingerprint density at radius 2 is 1.87 bits per heavy atom. The van der Waals surface area contributed by atoms with Gasteiger partial charge in [-0.3, -0.25) is 14.2 Å². The maximum atomic E-state index is 14.4. The molecule has 0 aliphatic carbocycles. The normalized spacial score (nSPS) is 10.8. The first-order valence-electron chi connectivity index (χ1n) is 9.21. The van der Waals surface area contributed by atoms with Crippen LogP contribution in [0, 0.1) is 12.7 Å². The number of fused-ring (bicyclic) bond motifs is 1. The predicted molar refractivity (Wildman–Crippen MR) is 113 cm³/mol. The van der Waals surface area contributed by atoms with Crippen LogP contribution in [0.5, 0.6) is 5.75 Å². The van der Waals surface area contributed by atoms with Gasteiger partial charge in [0.15, 0.2) is 0 Å². The van der Waals surface area contributed by atoms with E-state index in [1.165, 1.54) is 29.9 Å². The maximum Gasteiger partial charge on any atom is 0.265 e. The van der Waals surface area contributed by atoms with E-state index in [0.29, 0.717) is 33.7 Å². The van der Waals surface area contributed by atoms with Crippen LogP contribution in [-0.4, -0.2) is 22.6 Å². The molecule has 0 bridgehead atoms. The minimum Gasteiger partial charge on any atom is -0.497 e. The van der Waals surface area contributed by atoms with Gasteiger partial charge in [0, 0.05) is 5.56 Å². The van der Waals surface area contributed by atoms with Gasteiger partial charge in [0.1, 0.15) is 17.4 Å². The molecule has 0 saturated carbocycles. The van der Waals surface area contributed by atoms with Crippen molar-refractivity contribution < 1.29 is 13.9 Å². The Hall–Kier alpha value is -4.00. The second-order valence-electron chi connectivity index (χ2n) is 6.67. The molecule has 1 heterocycles. The largest absolute Gasteiger partial charge is 0.497 e. The lowest BCUT2D eigenvalue weighted by atomic mass is 10.2. The lowest BCUT2D eigenvalue weighted by Crippen LogP contribution is -2.22. The van der Waals surface area contributed by atoms with Crippen molar-refractivity contribution in [1.29, 1.82) is 0 Å². The Kier molecular flexibility index (Phi) is 5.02. The molecule has 0 aliphatic rings. The quantitative estimate of drug-likeness (QED) is 0.557. The number of rotatable bonds is 4. The highest BCUT2D eigenvalue weighted by Crippen LogP contribution is 2.21. The Morgan fingerprint density at radius 3 is 2.67 bits per heavy atom. The number of carbonyl (C=O) groups excluding carboxylic acids is 1. The fraction of sp³-hybridized carbons (Fsp3) is 0.0870. The fourth-order valence-corrected chi connectivity index (χ4v) is 3.25. The zero-order valence-corrected chi connectivity index (χ0v) is 16.3. The smallest absolute Gasteiger partial charge is 0.265 e. The summed E-state index contributed by atoms with van der Waals surface area (Å²) >= 11 is 0. The first-order valence-corrected chi connectivity index (χ1v) is 9.21. The molecule has 1 N–H and O–H groups in total. The van der Waals surface area contributed by atoms with Crippen LogP contribution < -0.4 is 15.6 Å². The number of ether oxygens (including phenoxy) is 1. The Morgan fingerprint density at radius 1 is 1.07 bits per heavy atom. The summed E-state index contributed by atoms with van der Waals surface area (Å²) in [6.07, 6.45) is 0. The van der Waals surface area contributed by atoms with Gasteiger partial charge < -0.3 is 10.1 Å². The number of methoxy groups -OCH3 is 1. The van der Waals surface area contributed by atoms with E-state index >= 15 is 0 Å². The first kappa shape index (κ1) is 19.3. The van der Waals surface area contributed by atoms with Crippen LogP contribution in [-0.2, 0) is 0 Å². The molecule has 1 amide bonds. The number of nitrogens with zero attached hydrogens (tertiary/aromatic N) is 2. The fourth-order valence-electron chi connectivity index (χ4n) is 3.25. The van der Waals surface area contributed by atoms with Gasteiger partial charge in [0.05, 0.1) is 29.4 Å². The van der Waals surface area contributed by atoms with Crippen molar-refractivity contribution in [3.05, 3.63) is 94.3 Å². The van der Waals surface area contributed by atoms with Crippen molar-refractivity contribution in [2.24, 2.45) is 0 Å². The molecule has 150 valence electrons. The van der Waals surface area contributed by atoms with Crippen molar-refractivity contribution >= 4 is 22.5 Å². The molecular weight excluding hydrogens is 385 g/mol. The number of benzene rings is 3. The van der Waals surface area contributed by atoms with E-state index < -0.39 is 11.7 Å². The molecule has 0 saturated heterocycles. The Balaban J connectivity index is 1.75. The first-order chi connectivity index (χ1) is 14.5. The summed E-state index contributed by atoms with van der Waals surface area (Å²) in [5.74, 6) is -0.142. The number of carbonyl (C=O) groups is 1. The highest BCUT2D eigenvalue weighted by Gasteiger charge is 2.14. The van der Waals surface area contributed by atoms with Gasteiger partial charge in [-0.1, -0.05) is 18.2 Å². The summed E-state index contributed by atoms with van der Waals surface area (Å²) in [6, 6.07) is 17.6. The molecule has 30 heavy (non-hydrogen) atoms. The molecular formula is C23H18FN3O3. The second kappa shape index (κ2) is 7.79. The van der Waals surface area contributed by atoms with Crippen molar-refractivity contribution in [1.82, 2.24) is 9.55 Å². The molecule has 1 aromatic heterocycles. The number of hydrogen-bond donors (Lipinski definition) is 1. The van der Waals surface area contributed by atoms with E-state index in [9.17, 15) is 14.0 Å². The Bertz CT molecular complexity index is 1330. The predicted octanol–water partition coefficient (Wildman–Crippen LogP) is 4.09. The third kappa shape index (κ3) is 3.53. The number of halogens is 1. The van der Waals surface area contributed by atoms with E-state index in [1.807, 2.05) is 6.07 Å². The summed E-state index contributed by atoms with van der Waals surface area (Å²) in [5.41, 5.74) is 0.998. The van der Waals surface area contributed by atoms with Crippen LogP contribution in [0.25, 0.3) is 16.6 Å². The molecule has 4 rings (SSSR count). The molecule has 0 atom stereocenters. The zero-order valence-electron chi connectivity index (χ0n) is 16.3. The molecule has 0 radical (unpaired) electrons. The number of aromatic nitrogens is 2. The molecule has 7 heteroatoms. The van der Waals surface area contributed by atoms with Gasteiger partial charge in [0.2, 0.25) is 0 Å². The topological polar surface area (TPSA) is 73.2 Å². The van der Waals surface area contributed by atoms with Gasteiger partial charge >= 0.3 is 0 Å². The van der Waals surface area contributed by atoms with Crippen LogP contribution in [0.15, 0.2) is 71.5 Å². The van der Waals surface area contributed by atoms with E-state index in [0.717, 1.165) is 0 Å². The van der Waals surface area contributed by atoms with Crippen molar-refractivity contribution in [2.45, 2.75) is 6.92 Å². The number of amides is 1. The van der Waals surface area contributed by atoms with Crippen molar-refractivity contribution in [2.75, 3.05) is 12.4 Å². The highest BCUT2D eigenvalue weighted by molar-refractivity contribution is 6.04. The summed E-state index contributed by atoms with van der Waals surface area (Å²) in [7, 11) is 1.50. The number of aryl methyl sites for hydroxylation is 1. The van der Waals surface area contributed by atoms with E-state index in [4.69, 9.17) is 4.74 Å². The lowest BCUT2D eigenvalue weighted by molar-refractivity contribution is 0.102. The van der Waals surface area contributed by atoms with Crippen molar-refractivity contribution in [3.8, 4) is 11.4 Å². The molecule has 0 aliphatic heterocycles. The minimum atomic E-state index is -0.616. The molecule has 6 nitrogen and oxygen atoms in total. The van der Waals surface area contributed by atoms with Crippen LogP contribution >= 0.6 is 0 Å². The van der Waals surface area contributed by atoms with Gasteiger partial charge in [0.25, 0.3) is 11.5 Å². The maximum absolute atomic E-state index is 14.4. The lowest BCUT2D eigenvalue weighted by Gasteiger charge is -2.13. The van der Waals surface area contributed by atoms with E-state index in [2.05, 4.69) is 10.3 Å². The standard InChI is InChI=1S/C23H18FN3O3/c1-14-25-20-9-4-3-8-18(20)23(29)27(14)16-10-11-19(24)21(13-16)26-22(28)15-6-5-7-17(12-15)30-2/h3-13H,1-2H3,(H,26,28). The third-order valence-corrected chi connectivity index (χ3v) is 4.73. The summed E-state index contributed by atoms with van der Waals surface area (Å²) in [6.45, 7) is 1.70. The zero-order chi connectivity index (χ0) is 21.3. The van der Waals surface area contributed by atoms with Gasteiger partial charge in [-0.25, -0.2) is 9.37 Å². The molecule has 0 fully saturated rings. The van der Waals surface area contributed by atoms with Crippen LogP contribution in [0.4, 0.5) is 10.1 Å². The Labute approximate surface area is 171 Å². The van der Waals surface area contributed by atoms with Crippen molar-refractivity contribution in [3.63, 3.8) is 0 Å². The molecule has 4 aromatic rings. The number of hydrogen-bond acceptors (Lipinski definition) is 4. The third-order valence-electron chi connectivity index (χ3n) is 4.73. The van der Waals surface area contributed by atoms with E-state index in [1.54, 1.807) is 49.4 Å². The van der Waals surface area contributed by atoms with Crippen LogP contribution in [0.2, 0.25) is 0 Å². The van der Waals surface area contributed by atoms with Gasteiger partial charge in [-0.2, -0.15) is 0 Å². The summed E-state index contributed by atoms with van der Waals surface area (Å²) < 4.78 is 20.9. The number of anilines is 1. The van der Waals surface area contributed by atoms with E-state index in [-0.39, 0.29) is 11.2 Å². The SMILES string of the molecule is COc1cccc(C(=O)Nc2cc(-n3c(C)nc4ccccc4c3=O)ccc2F)c1.